The van der Waals surface area contributed by atoms with Crippen LogP contribution in [0.25, 0.3) is 0 Å². The molecule has 1 amide bonds. The molecule has 1 heterocycles. The lowest BCUT2D eigenvalue weighted by Gasteiger charge is -2.42. The Balaban J connectivity index is 2.52. The van der Waals surface area contributed by atoms with E-state index in [0.29, 0.717) is 12.8 Å². The van der Waals surface area contributed by atoms with Gasteiger partial charge in [-0.05, 0) is 13.3 Å². The molecular formula is C10H15NO2. The molecule has 0 aromatic heterocycles. The highest BCUT2D eigenvalue weighted by molar-refractivity contribution is 6.00. The molecule has 3 heteroatoms. The Bertz CT molecular complexity index is 295. The molecule has 2 fully saturated rings. The van der Waals surface area contributed by atoms with E-state index in [1.165, 1.54) is 0 Å². The second-order valence-electron chi connectivity index (χ2n) is 4.85. The summed E-state index contributed by atoms with van der Waals surface area (Å²) >= 11 is 0. The molecule has 0 radical (unpaired) electrons. The van der Waals surface area contributed by atoms with Crippen molar-refractivity contribution in [3.05, 3.63) is 0 Å². The summed E-state index contributed by atoms with van der Waals surface area (Å²) in [6, 6.07) is 0. The Kier molecular flexibility index (Phi) is 1.44. The number of hydrogen-bond donors (Lipinski definition) is 1. The Morgan fingerprint density at radius 2 is 1.92 bits per heavy atom. The third kappa shape index (κ3) is 0.798. The zero-order chi connectivity index (χ0) is 9.85. The maximum Gasteiger partial charge on any atom is 0.224 e. The third-order valence-corrected chi connectivity index (χ3v) is 4.07. The average molecular weight is 181 g/mol. The molecule has 2 rings (SSSR count). The van der Waals surface area contributed by atoms with Gasteiger partial charge in [0.1, 0.15) is 5.54 Å². The van der Waals surface area contributed by atoms with Gasteiger partial charge in [-0.15, -0.1) is 0 Å². The Hall–Kier alpha value is -0.860. The van der Waals surface area contributed by atoms with Crippen LogP contribution in [0.15, 0.2) is 0 Å². The molecule has 2 aliphatic rings. The minimum absolute atomic E-state index is 0.0233. The molecule has 0 spiro atoms. The van der Waals surface area contributed by atoms with Crippen molar-refractivity contribution in [3.8, 4) is 0 Å². The maximum absolute atomic E-state index is 11.7. The number of hydrogen-bond acceptors (Lipinski definition) is 2. The van der Waals surface area contributed by atoms with E-state index in [1.54, 1.807) is 0 Å². The van der Waals surface area contributed by atoms with Crippen molar-refractivity contribution in [1.82, 2.24) is 5.32 Å². The van der Waals surface area contributed by atoms with Gasteiger partial charge in [0.15, 0.2) is 5.78 Å². The second kappa shape index (κ2) is 2.14. The van der Waals surface area contributed by atoms with Gasteiger partial charge in [0, 0.05) is 17.8 Å². The fraction of sp³-hybridized carbons (Fsp3) is 0.800. The van der Waals surface area contributed by atoms with Gasteiger partial charge in [-0.2, -0.15) is 0 Å². The van der Waals surface area contributed by atoms with Crippen LogP contribution >= 0.6 is 0 Å². The van der Waals surface area contributed by atoms with E-state index in [4.69, 9.17) is 0 Å². The number of carbonyl (C=O) groups is 2. The number of nitrogens with one attached hydrogen (secondary N) is 1. The minimum Gasteiger partial charge on any atom is -0.343 e. The van der Waals surface area contributed by atoms with Crippen LogP contribution in [0.4, 0.5) is 0 Å². The summed E-state index contributed by atoms with van der Waals surface area (Å²) in [5.41, 5.74) is -0.841. The highest BCUT2D eigenvalue weighted by atomic mass is 16.2. The van der Waals surface area contributed by atoms with Crippen molar-refractivity contribution in [2.75, 3.05) is 0 Å². The highest BCUT2D eigenvalue weighted by Gasteiger charge is 2.62. The largest absolute Gasteiger partial charge is 0.343 e. The summed E-state index contributed by atoms with van der Waals surface area (Å²) in [5.74, 6) is 0.258. The van der Waals surface area contributed by atoms with Crippen molar-refractivity contribution in [3.63, 3.8) is 0 Å². The number of Topliss-reactive ketones (excluding diaryl/α,β-unsaturated/α-hetero) is 1. The Labute approximate surface area is 77.9 Å². The zero-order valence-electron chi connectivity index (χ0n) is 8.31. The van der Waals surface area contributed by atoms with E-state index in [2.05, 4.69) is 5.32 Å². The van der Waals surface area contributed by atoms with Gasteiger partial charge in [0.05, 0.1) is 0 Å². The van der Waals surface area contributed by atoms with Crippen LogP contribution in [0.2, 0.25) is 0 Å². The lowest BCUT2D eigenvalue weighted by molar-refractivity contribution is -0.131. The molecular weight excluding hydrogens is 166 g/mol. The summed E-state index contributed by atoms with van der Waals surface area (Å²) in [7, 11) is 0. The zero-order valence-corrected chi connectivity index (χ0v) is 8.31. The van der Waals surface area contributed by atoms with Crippen LogP contribution < -0.4 is 5.32 Å². The summed E-state index contributed by atoms with van der Waals surface area (Å²) in [6.07, 6.45) is 1.26. The summed E-state index contributed by atoms with van der Waals surface area (Å²) < 4.78 is 0. The molecule has 72 valence electrons. The van der Waals surface area contributed by atoms with Gasteiger partial charge >= 0.3 is 0 Å². The van der Waals surface area contributed by atoms with Gasteiger partial charge in [-0.3, -0.25) is 9.59 Å². The first-order valence-corrected chi connectivity index (χ1v) is 4.75. The number of fused-ring (bicyclic) bond motifs is 2. The minimum atomic E-state index is -0.618. The molecule has 2 bridgehead atoms. The lowest BCUT2D eigenvalue weighted by Crippen LogP contribution is -2.56. The smallest absolute Gasteiger partial charge is 0.224 e. The van der Waals surface area contributed by atoms with Crippen molar-refractivity contribution in [2.45, 2.75) is 39.2 Å². The van der Waals surface area contributed by atoms with Crippen LogP contribution in [0.3, 0.4) is 0 Å². The van der Waals surface area contributed by atoms with Crippen molar-refractivity contribution in [1.29, 1.82) is 0 Å². The van der Waals surface area contributed by atoms with E-state index in [0.717, 1.165) is 0 Å². The summed E-state index contributed by atoms with van der Waals surface area (Å²) in [5, 5.41) is 2.84. The van der Waals surface area contributed by atoms with Gasteiger partial charge in [-0.25, -0.2) is 0 Å². The number of ketones is 1. The van der Waals surface area contributed by atoms with E-state index < -0.39 is 5.54 Å². The topological polar surface area (TPSA) is 46.2 Å². The number of amides is 1. The van der Waals surface area contributed by atoms with Crippen molar-refractivity contribution >= 4 is 11.7 Å². The van der Waals surface area contributed by atoms with Gasteiger partial charge in [0.2, 0.25) is 5.91 Å². The van der Waals surface area contributed by atoms with Gasteiger partial charge < -0.3 is 5.32 Å². The lowest BCUT2D eigenvalue weighted by atomic mass is 9.61. The highest BCUT2D eigenvalue weighted by Crippen LogP contribution is 2.50. The van der Waals surface area contributed by atoms with E-state index in [-0.39, 0.29) is 23.0 Å². The van der Waals surface area contributed by atoms with Crippen LogP contribution in [-0.2, 0) is 9.59 Å². The molecule has 3 nitrogen and oxygen atoms in total. The standard InChI is InChI=1S/C10H15NO2/c1-9(2)6-4-5-7(12)10(9,3)11-8(6)13/h6H,4-5H2,1-3H3,(H,11,13)/t6-,10+/m1/s1. The summed E-state index contributed by atoms with van der Waals surface area (Å²) in [4.78, 5) is 23.3. The van der Waals surface area contributed by atoms with E-state index in [1.807, 2.05) is 20.8 Å². The predicted molar refractivity (Wildman–Crippen MR) is 48.1 cm³/mol. The molecule has 1 aliphatic heterocycles. The number of carbonyl (C=O) groups excluding carboxylic acids is 2. The van der Waals surface area contributed by atoms with Crippen LogP contribution in [0, 0.1) is 11.3 Å². The van der Waals surface area contributed by atoms with Crippen LogP contribution in [0.5, 0.6) is 0 Å². The van der Waals surface area contributed by atoms with Crippen molar-refractivity contribution in [2.24, 2.45) is 11.3 Å². The molecule has 0 unspecified atom stereocenters. The SMILES string of the molecule is CC1(C)[C@@H]2CCC(=O)[C@]1(C)NC2=O. The van der Waals surface area contributed by atoms with E-state index >= 15 is 0 Å². The van der Waals surface area contributed by atoms with Crippen molar-refractivity contribution < 1.29 is 9.59 Å². The number of rotatable bonds is 0. The maximum atomic E-state index is 11.7. The quantitative estimate of drug-likeness (QED) is 0.603. The molecule has 2 atom stereocenters. The third-order valence-electron chi connectivity index (χ3n) is 4.07. The van der Waals surface area contributed by atoms with E-state index in [9.17, 15) is 9.59 Å². The van der Waals surface area contributed by atoms with Gasteiger partial charge in [-0.1, -0.05) is 13.8 Å². The van der Waals surface area contributed by atoms with Gasteiger partial charge in [0.25, 0.3) is 0 Å². The normalized spacial score (nSPS) is 41.9. The molecule has 1 N–H and O–H groups in total. The second-order valence-corrected chi connectivity index (χ2v) is 4.85. The molecule has 13 heavy (non-hydrogen) atoms. The molecule has 1 saturated carbocycles. The fourth-order valence-electron chi connectivity index (χ4n) is 2.62. The monoisotopic (exact) mass is 181 g/mol. The Morgan fingerprint density at radius 1 is 1.31 bits per heavy atom. The van der Waals surface area contributed by atoms with Crippen LogP contribution in [0.1, 0.15) is 33.6 Å². The molecule has 1 saturated heterocycles. The molecule has 0 aromatic rings. The van der Waals surface area contributed by atoms with Crippen LogP contribution in [-0.4, -0.2) is 17.2 Å². The first-order chi connectivity index (χ1) is 5.89. The molecule has 0 aromatic carbocycles. The average Bonchev–Trinajstić information content (AvgIpc) is 2.13. The molecule has 1 aliphatic carbocycles. The Morgan fingerprint density at radius 3 is 2.46 bits per heavy atom. The predicted octanol–water partition coefficient (Wildman–Crippen LogP) is 0.880. The first kappa shape index (κ1) is 8.73. The first-order valence-electron chi connectivity index (χ1n) is 4.75. The summed E-state index contributed by atoms with van der Waals surface area (Å²) in [6.45, 7) is 5.87. The fourth-order valence-corrected chi connectivity index (χ4v) is 2.62.